The lowest BCUT2D eigenvalue weighted by Gasteiger charge is -2.00. The molecule has 0 atom stereocenters. The van der Waals surface area contributed by atoms with Crippen LogP contribution in [-0.4, -0.2) is 29.3 Å². The van der Waals surface area contributed by atoms with Gasteiger partial charge in [0.05, 0.1) is 10.3 Å². The molecule has 4 rings (SSSR count). The summed E-state index contributed by atoms with van der Waals surface area (Å²) in [6.45, 7) is 1.93. The summed E-state index contributed by atoms with van der Waals surface area (Å²) >= 11 is 1.48. The van der Waals surface area contributed by atoms with Crippen molar-refractivity contribution in [2.45, 2.75) is 6.92 Å². The molecule has 0 aliphatic carbocycles. The van der Waals surface area contributed by atoms with Gasteiger partial charge in [-0.1, -0.05) is 0 Å². The van der Waals surface area contributed by atoms with Gasteiger partial charge in [0, 0.05) is 32.7 Å². The van der Waals surface area contributed by atoms with E-state index in [0.29, 0.717) is 21.9 Å². The second-order valence-electron chi connectivity index (χ2n) is 5.39. The van der Waals surface area contributed by atoms with Gasteiger partial charge in [-0.05, 0) is 18.6 Å². The van der Waals surface area contributed by atoms with E-state index in [0.717, 1.165) is 16.1 Å². The molecule has 4 aromatic heterocycles. The summed E-state index contributed by atoms with van der Waals surface area (Å²) in [6, 6.07) is 1.94. The van der Waals surface area contributed by atoms with Crippen molar-refractivity contribution in [3.8, 4) is 22.2 Å². The summed E-state index contributed by atoms with van der Waals surface area (Å²) in [5.74, 6) is 1.11. The molecular formula is C15H14N6OS. The Hall–Kier alpha value is -2.74. The fraction of sp³-hybridized carbons (Fsp3) is 0.200. The molecule has 116 valence electrons. The quantitative estimate of drug-likeness (QED) is 0.611. The number of nitrogens with zero attached hydrogens (tertiary/aromatic N) is 5. The van der Waals surface area contributed by atoms with Crippen molar-refractivity contribution in [2.75, 3.05) is 0 Å². The number of H-pyrrole nitrogens is 1. The largest absolute Gasteiger partial charge is 0.331 e. The Kier molecular flexibility index (Phi) is 2.95. The van der Waals surface area contributed by atoms with Crippen LogP contribution in [0.1, 0.15) is 5.56 Å². The maximum absolute atomic E-state index is 12.5. The van der Waals surface area contributed by atoms with Crippen LogP contribution in [0.3, 0.4) is 0 Å². The zero-order valence-electron chi connectivity index (χ0n) is 12.9. The average molecular weight is 326 g/mol. The minimum absolute atomic E-state index is 0.149. The lowest BCUT2D eigenvalue weighted by atomic mass is 10.2. The van der Waals surface area contributed by atoms with Gasteiger partial charge in [-0.3, -0.25) is 9.48 Å². The van der Waals surface area contributed by atoms with Gasteiger partial charge < -0.3 is 9.55 Å². The number of thiophene rings is 1. The van der Waals surface area contributed by atoms with E-state index in [4.69, 9.17) is 0 Å². The number of fused-ring (bicyclic) bond motifs is 1. The predicted molar refractivity (Wildman–Crippen MR) is 89.4 cm³/mol. The predicted octanol–water partition coefficient (Wildman–Crippen LogP) is 2.09. The Balaban J connectivity index is 1.98. The van der Waals surface area contributed by atoms with Crippen molar-refractivity contribution in [3.63, 3.8) is 0 Å². The van der Waals surface area contributed by atoms with Crippen molar-refractivity contribution < 1.29 is 0 Å². The highest BCUT2D eigenvalue weighted by molar-refractivity contribution is 7.22. The molecule has 0 radical (unpaired) electrons. The molecule has 0 saturated carbocycles. The zero-order valence-corrected chi connectivity index (χ0v) is 13.7. The fourth-order valence-corrected chi connectivity index (χ4v) is 3.77. The summed E-state index contributed by atoms with van der Waals surface area (Å²) in [5.41, 5.74) is 1.61. The first kappa shape index (κ1) is 13.9. The minimum atomic E-state index is -0.149. The molecule has 0 saturated heterocycles. The van der Waals surface area contributed by atoms with Crippen molar-refractivity contribution >= 4 is 21.6 Å². The Morgan fingerprint density at radius 3 is 2.74 bits per heavy atom. The summed E-state index contributed by atoms with van der Waals surface area (Å²) < 4.78 is 3.57. The summed E-state index contributed by atoms with van der Waals surface area (Å²) in [4.78, 5) is 25.9. The summed E-state index contributed by atoms with van der Waals surface area (Å²) in [5, 5.41) is 5.04. The van der Waals surface area contributed by atoms with Crippen LogP contribution in [0.4, 0.5) is 0 Å². The minimum Gasteiger partial charge on any atom is -0.331 e. The van der Waals surface area contributed by atoms with Crippen LogP contribution < -0.4 is 5.56 Å². The van der Waals surface area contributed by atoms with E-state index in [1.807, 2.05) is 44.0 Å². The summed E-state index contributed by atoms with van der Waals surface area (Å²) in [7, 11) is 3.74. The van der Waals surface area contributed by atoms with E-state index in [1.165, 1.54) is 11.3 Å². The van der Waals surface area contributed by atoms with E-state index in [1.54, 1.807) is 10.9 Å². The third-order valence-corrected chi connectivity index (χ3v) is 4.99. The maximum atomic E-state index is 12.5. The zero-order chi connectivity index (χ0) is 16.1. The number of hydrogen-bond donors (Lipinski definition) is 1. The van der Waals surface area contributed by atoms with Crippen LogP contribution in [0.5, 0.6) is 0 Å². The topological polar surface area (TPSA) is 81.4 Å². The average Bonchev–Trinajstić information content (AvgIpc) is 3.18. The Morgan fingerprint density at radius 2 is 2.09 bits per heavy atom. The molecule has 4 heterocycles. The van der Waals surface area contributed by atoms with Crippen LogP contribution in [0.2, 0.25) is 0 Å². The molecule has 0 unspecified atom stereocenters. The number of imidazole rings is 1. The smallest absolute Gasteiger partial charge is 0.260 e. The van der Waals surface area contributed by atoms with Crippen LogP contribution in [0.25, 0.3) is 32.4 Å². The van der Waals surface area contributed by atoms with Gasteiger partial charge in [-0.2, -0.15) is 5.10 Å². The molecule has 0 bridgehead atoms. The number of nitrogens with one attached hydrogen (secondary N) is 1. The lowest BCUT2D eigenvalue weighted by molar-refractivity contribution is 0.771. The van der Waals surface area contributed by atoms with Gasteiger partial charge >= 0.3 is 0 Å². The van der Waals surface area contributed by atoms with Crippen molar-refractivity contribution in [3.05, 3.63) is 40.6 Å². The Bertz CT molecular complexity index is 1080. The van der Waals surface area contributed by atoms with Crippen LogP contribution >= 0.6 is 11.3 Å². The maximum Gasteiger partial charge on any atom is 0.260 e. The van der Waals surface area contributed by atoms with Gasteiger partial charge in [0.2, 0.25) is 0 Å². The summed E-state index contributed by atoms with van der Waals surface area (Å²) in [6.07, 6.45) is 5.38. The third kappa shape index (κ3) is 2.10. The van der Waals surface area contributed by atoms with Gasteiger partial charge in [-0.15, -0.1) is 11.3 Å². The van der Waals surface area contributed by atoms with Crippen molar-refractivity contribution in [1.82, 2.24) is 29.3 Å². The van der Waals surface area contributed by atoms with Crippen LogP contribution in [0.15, 0.2) is 29.5 Å². The monoisotopic (exact) mass is 326 g/mol. The first-order chi connectivity index (χ1) is 11.0. The highest BCUT2D eigenvalue weighted by Gasteiger charge is 2.18. The number of rotatable bonds is 2. The van der Waals surface area contributed by atoms with Gasteiger partial charge in [0.25, 0.3) is 5.56 Å². The number of aryl methyl sites for hydroxylation is 3. The first-order valence-corrected chi connectivity index (χ1v) is 7.87. The fourth-order valence-electron chi connectivity index (χ4n) is 2.62. The Morgan fingerprint density at radius 1 is 1.26 bits per heavy atom. The van der Waals surface area contributed by atoms with Gasteiger partial charge in [0.1, 0.15) is 10.5 Å². The second kappa shape index (κ2) is 4.88. The van der Waals surface area contributed by atoms with E-state index in [9.17, 15) is 4.79 Å². The van der Waals surface area contributed by atoms with Gasteiger partial charge in [-0.25, -0.2) is 9.97 Å². The second-order valence-corrected chi connectivity index (χ2v) is 6.39. The Labute approximate surface area is 135 Å². The highest BCUT2D eigenvalue weighted by atomic mass is 32.1. The number of aromatic nitrogens is 6. The molecule has 4 aromatic rings. The number of hydrogen-bond acceptors (Lipinski definition) is 5. The first-order valence-electron chi connectivity index (χ1n) is 7.05. The molecule has 0 aliphatic heterocycles. The molecule has 0 aliphatic rings. The molecule has 0 fully saturated rings. The molecule has 8 heteroatoms. The van der Waals surface area contributed by atoms with Crippen molar-refractivity contribution in [1.29, 1.82) is 0 Å². The normalized spacial score (nSPS) is 11.4. The van der Waals surface area contributed by atoms with Crippen LogP contribution in [-0.2, 0) is 14.1 Å². The van der Waals surface area contributed by atoms with Gasteiger partial charge in [0.15, 0.2) is 11.6 Å². The standard InChI is InChI=1S/C15H14N6OS/c1-8-10-14(22)17-12(13-16-5-7-20(13)2)18-15(10)23-11(8)9-4-6-21(3)19-9/h4-7H,1-3H3,(H,17,18,22). The van der Waals surface area contributed by atoms with E-state index < -0.39 is 0 Å². The van der Waals surface area contributed by atoms with Crippen molar-refractivity contribution in [2.24, 2.45) is 14.1 Å². The van der Waals surface area contributed by atoms with Crippen LogP contribution in [0, 0.1) is 6.92 Å². The van der Waals surface area contributed by atoms with E-state index >= 15 is 0 Å². The lowest BCUT2D eigenvalue weighted by Crippen LogP contribution is -2.10. The molecule has 23 heavy (non-hydrogen) atoms. The third-order valence-electron chi connectivity index (χ3n) is 3.78. The number of aromatic amines is 1. The van der Waals surface area contributed by atoms with E-state index in [2.05, 4.69) is 20.1 Å². The SMILES string of the molecule is Cc1c(-c2ccn(C)n2)sc2nc(-c3nccn3C)[nH]c(=O)c12. The molecule has 0 aromatic carbocycles. The molecule has 0 amide bonds. The molecular weight excluding hydrogens is 312 g/mol. The molecule has 0 spiro atoms. The van der Waals surface area contributed by atoms with E-state index in [-0.39, 0.29) is 5.56 Å². The molecule has 7 nitrogen and oxygen atoms in total. The highest BCUT2D eigenvalue weighted by Crippen LogP contribution is 2.35. The molecule has 1 N–H and O–H groups in total.